The lowest BCUT2D eigenvalue weighted by molar-refractivity contribution is 0.476. The van der Waals surface area contributed by atoms with E-state index in [-0.39, 0.29) is 5.75 Å². The van der Waals surface area contributed by atoms with E-state index in [1.54, 1.807) is 23.5 Å². The molecular weight excluding hydrogens is 281 g/mol. The largest absolute Gasteiger partial charge is 0.508 e. The minimum absolute atomic E-state index is 0.287. The molecule has 0 bridgehead atoms. The van der Waals surface area contributed by atoms with Gasteiger partial charge in [-0.25, -0.2) is 4.98 Å². The molecule has 4 nitrogen and oxygen atoms in total. The summed E-state index contributed by atoms with van der Waals surface area (Å²) in [7, 11) is 1.91. The standard InChI is InChI=1S/C16H13N3OS/c1-17-11-4-2-10(3-5-11)13-9-19-14-7-6-12(20)8-15(14)21-16(19)18-13/h2-9,17,20H,1H3/i1-1. The van der Waals surface area contributed by atoms with Gasteiger partial charge < -0.3 is 10.4 Å². The number of aromatic hydroxyl groups is 1. The van der Waals surface area contributed by atoms with Gasteiger partial charge in [-0.1, -0.05) is 23.5 Å². The third-order valence-corrected chi connectivity index (χ3v) is 4.56. The average molecular weight is 294 g/mol. The lowest BCUT2D eigenvalue weighted by Gasteiger charge is -2.00. The maximum Gasteiger partial charge on any atom is 0.195 e. The van der Waals surface area contributed by atoms with Gasteiger partial charge in [0.15, 0.2) is 4.96 Å². The average Bonchev–Trinajstić information content (AvgIpc) is 3.04. The van der Waals surface area contributed by atoms with Crippen LogP contribution in [-0.4, -0.2) is 21.5 Å². The minimum atomic E-state index is 0.287. The van der Waals surface area contributed by atoms with Gasteiger partial charge in [-0.15, -0.1) is 0 Å². The maximum atomic E-state index is 9.55. The summed E-state index contributed by atoms with van der Waals surface area (Å²) in [6.07, 6.45) is 2.04. The van der Waals surface area contributed by atoms with Crippen LogP contribution < -0.4 is 5.32 Å². The number of phenols is 1. The zero-order valence-corrected chi connectivity index (χ0v) is 12.2. The number of hydrogen-bond donors (Lipinski definition) is 2. The summed E-state index contributed by atoms with van der Waals surface area (Å²) in [5.41, 5.74) is 4.20. The smallest absolute Gasteiger partial charge is 0.195 e. The van der Waals surface area contributed by atoms with E-state index in [0.29, 0.717) is 0 Å². The fraction of sp³-hybridized carbons (Fsp3) is 0.0625. The van der Waals surface area contributed by atoms with Gasteiger partial charge in [-0.3, -0.25) is 4.40 Å². The van der Waals surface area contributed by atoms with Gasteiger partial charge in [0.25, 0.3) is 0 Å². The first-order valence-electron chi connectivity index (χ1n) is 6.63. The Morgan fingerprint density at radius 1 is 1.14 bits per heavy atom. The highest BCUT2D eigenvalue weighted by atomic mass is 32.1. The molecule has 0 unspecified atom stereocenters. The molecule has 0 aliphatic rings. The minimum Gasteiger partial charge on any atom is -0.508 e. The Labute approximate surface area is 125 Å². The van der Waals surface area contributed by atoms with E-state index in [4.69, 9.17) is 0 Å². The normalized spacial score (nSPS) is 11.3. The molecule has 2 aromatic heterocycles. The van der Waals surface area contributed by atoms with Crippen LogP contribution >= 0.6 is 11.3 Å². The number of anilines is 1. The van der Waals surface area contributed by atoms with Crippen molar-refractivity contribution in [3.05, 3.63) is 48.7 Å². The molecule has 2 heterocycles. The topological polar surface area (TPSA) is 49.6 Å². The summed E-state index contributed by atoms with van der Waals surface area (Å²) in [4.78, 5) is 5.62. The zero-order valence-electron chi connectivity index (χ0n) is 11.4. The van der Waals surface area contributed by atoms with Crippen molar-refractivity contribution in [2.45, 2.75) is 0 Å². The molecule has 0 atom stereocenters. The fourth-order valence-electron chi connectivity index (χ4n) is 2.44. The summed E-state index contributed by atoms with van der Waals surface area (Å²) in [5, 5.41) is 12.7. The van der Waals surface area contributed by atoms with Crippen molar-refractivity contribution in [3.8, 4) is 17.0 Å². The molecule has 2 N–H and O–H groups in total. The van der Waals surface area contributed by atoms with Crippen LogP contribution in [0.2, 0.25) is 0 Å². The Morgan fingerprint density at radius 3 is 2.71 bits per heavy atom. The van der Waals surface area contributed by atoms with Crippen molar-refractivity contribution in [2.24, 2.45) is 0 Å². The zero-order chi connectivity index (χ0) is 14.4. The van der Waals surface area contributed by atoms with Gasteiger partial charge in [-0.05, 0) is 30.3 Å². The monoisotopic (exact) mass is 294 g/mol. The van der Waals surface area contributed by atoms with Crippen LogP contribution in [0.4, 0.5) is 5.69 Å². The second kappa shape index (κ2) is 4.49. The number of rotatable bonds is 2. The predicted molar refractivity (Wildman–Crippen MR) is 87.2 cm³/mol. The van der Waals surface area contributed by atoms with Gasteiger partial charge in [0, 0.05) is 24.5 Å². The highest BCUT2D eigenvalue weighted by Gasteiger charge is 2.10. The van der Waals surface area contributed by atoms with Crippen molar-refractivity contribution < 1.29 is 5.11 Å². The SMILES string of the molecule is [11CH3]Nc1ccc(-c2cn3c(n2)sc2cc(O)ccc23)cc1. The third kappa shape index (κ3) is 1.94. The second-order valence-electron chi connectivity index (χ2n) is 4.86. The first-order valence-corrected chi connectivity index (χ1v) is 7.45. The number of nitrogens with one attached hydrogen (secondary N) is 1. The summed E-state index contributed by atoms with van der Waals surface area (Å²) in [6, 6.07) is 13.6. The molecule has 0 saturated heterocycles. The molecule has 21 heavy (non-hydrogen) atoms. The number of benzene rings is 2. The Morgan fingerprint density at radius 2 is 1.95 bits per heavy atom. The molecule has 0 aliphatic carbocycles. The van der Waals surface area contributed by atoms with E-state index in [1.807, 2.05) is 31.4 Å². The van der Waals surface area contributed by atoms with E-state index >= 15 is 0 Å². The van der Waals surface area contributed by atoms with E-state index < -0.39 is 0 Å². The summed E-state index contributed by atoms with van der Waals surface area (Å²) in [6.45, 7) is 0. The van der Waals surface area contributed by atoms with E-state index in [0.717, 1.165) is 32.1 Å². The van der Waals surface area contributed by atoms with Crippen LogP contribution in [0.5, 0.6) is 5.75 Å². The molecule has 0 aliphatic heterocycles. The first-order chi connectivity index (χ1) is 10.2. The molecule has 0 spiro atoms. The van der Waals surface area contributed by atoms with Crippen LogP contribution in [0.3, 0.4) is 0 Å². The van der Waals surface area contributed by atoms with Crippen molar-refractivity contribution >= 4 is 32.2 Å². The van der Waals surface area contributed by atoms with Gasteiger partial charge in [0.05, 0.1) is 15.9 Å². The Kier molecular flexibility index (Phi) is 2.62. The van der Waals surface area contributed by atoms with Crippen LogP contribution in [0, 0.1) is 0 Å². The lowest BCUT2D eigenvalue weighted by Crippen LogP contribution is -1.86. The number of phenolic OH excluding ortho intramolecular Hbond substituents is 1. The molecule has 0 saturated carbocycles. The van der Waals surface area contributed by atoms with Crippen LogP contribution in [0.15, 0.2) is 48.7 Å². The number of imidazole rings is 1. The fourth-order valence-corrected chi connectivity index (χ4v) is 3.48. The van der Waals surface area contributed by atoms with E-state index in [9.17, 15) is 5.11 Å². The molecule has 5 heteroatoms. The van der Waals surface area contributed by atoms with Crippen molar-refractivity contribution in [1.29, 1.82) is 0 Å². The Balaban J connectivity index is 1.86. The number of fused-ring (bicyclic) bond motifs is 3. The van der Waals surface area contributed by atoms with Crippen LogP contribution in [0.1, 0.15) is 0 Å². The molecule has 4 aromatic rings. The maximum absolute atomic E-state index is 9.55. The van der Waals surface area contributed by atoms with Crippen molar-refractivity contribution in [2.75, 3.05) is 12.4 Å². The number of hydrogen-bond acceptors (Lipinski definition) is 4. The van der Waals surface area contributed by atoms with Gasteiger partial charge in [0.2, 0.25) is 0 Å². The number of thiazole rings is 1. The number of aromatic nitrogens is 2. The summed E-state index contributed by atoms with van der Waals surface area (Å²) >= 11 is 1.58. The summed E-state index contributed by atoms with van der Waals surface area (Å²) < 4.78 is 3.11. The first kappa shape index (κ1) is 12.2. The van der Waals surface area contributed by atoms with Gasteiger partial charge in [0.1, 0.15) is 5.75 Å². The predicted octanol–water partition coefficient (Wildman–Crippen LogP) is 3.96. The number of nitrogens with zero attached hydrogens (tertiary/aromatic N) is 2. The van der Waals surface area contributed by atoms with E-state index in [1.165, 1.54) is 0 Å². The van der Waals surface area contributed by atoms with Gasteiger partial charge >= 0.3 is 0 Å². The Hall–Kier alpha value is -2.53. The van der Waals surface area contributed by atoms with Crippen molar-refractivity contribution in [1.82, 2.24) is 9.38 Å². The van der Waals surface area contributed by atoms with Gasteiger partial charge in [-0.2, -0.15) is 0 Å². The Bertz CT molecular complexity index is 937. The molecular formula is C16H13N3OS. The van der Waals surface area contributed by atoms with Crippen LogP contribution in [0.25, 0.3) is 26.4 Å². The molecule has 4 rings (SSSR count). The molecule has 0 amide bonds. The molecule has 104 valence electrons. The molecule has 2 aromatic carbocycles. The quantitative estimate of drug-likeness (QED) is 0.588. The third-order valence-electron chi connectivity index (χ3n) is 3.55. The van der Waals surface area contributed by atoms with Crippen LogP contribution in [-0.2, 0) is 0 Å². The van der Waals surface area contributed by atoms with Crippen molar-refractivity contribution in [3.63, 3.8) is 0 Å². The van der Waals surface area contributed by atoms with E-state index in [2.05, 4.69) is 26.8 Å². The second-order valence-corrected chi connectivity index (χ2v) is 5.87. The molecule has 0 radical (unpaired) electrons. The lowest BCUT2D eigenvalue weighted by atomic mass is 10.1. The highest BCUT2D eigenvalue weighted by molar-refractivity contribution is 7.23. The highest BCUT2D eigenvalue weighted by Crippen LogP contribution is 2.31. The summed E-state index contributed by atoms with van der Waals surface area (Å²) in [5.74, 6) is 0.287. The molecule has 0 fully saturated rings.